The van der Waals surface area contributed by atoms with E-state index in [2.05, 4.69) is 0 Å². The lowest BCUT2D eigenvalue weighted by Crippen LogP contribution is -2.10. The fraction of sp³-hybridized carbons (Fsp3) is 0.125. The van der Waals surface area contributed by atoms with Gasteiger partial charge in [0, 0.05) is 5.56 Å². The van der Waals surface area contributed by atoms with Crippen LogP contribution in [0.25, 0.3) is 11.1 Å². The van der Waals surface area contributed by atoms with Gasteiger partial charge in [-0.3, -0.25) is 0 Å². The summed E-state index contributed by atoms with van der Waals surface area (Å²) in [6.07, 6.45) is -5.99. The number of nitriles is 2. The Balaban J connectivity index is 2.81. The average Bonchev–Trinajstić information content (AvgIpc) is 2.56. The molecule has 0 aliphatic carbocycles. The second-order valence-electron chi connectivity index (χ2n) is 4.81. The predicted octanol–water partition coefficient (Wildman–Crippen LogP) is 4.87. The first-order valence-corrected chi connectivity index (χ1v) is 6.47. The minimum absolute atomic E-state index is 0.225. The van der Waals surface area contributed by atoms with Crippen molar-refractivity contribution >= 4 is 0 Å². The maximum atomic E-state index is 14.1. The van der Waals surface area contributed by atoms with Crippen molar-refractivity contribution in [3.05, 3.63) is 58.2 Å². The molecule has 25 heavy (non-hydrogen) atoms. The van der Waals surface area contributed by atoms with Gasteiger partial charge in [-0.2, -0.15) is 23.7 Å². The Labute approximate surface area is 136 Å². The van der Waals surface area contributed by atoms with Crippen LogP contribution in [0.3, 0.4) is 0 Å². The van der Waals surface area contributed by atoms with Crippen molar-refractivity contribution in [1.82, 2.24) is 0 Å². The molecule has 2 aromatic rings. The minimum Gasteiger partial charge on any atom is -0.203 e. The second kappa shape index (κ2) is 6.44. The number of benzene rings is 2. The Morgan fingerprint density at radius 3 is 1.88 bits per heavy atom. The quantitative estimate of drug-likeness (QED) is 0.568. The molecule has 0 aliphatic rings. The highest BCUT2D eigenvalue weighted by molar-refractivity contribution is 5.68. The lowest BCUT2D eigenvalue weighted by molar-refractivity contribution is -0.137. The molecule has 0 amide bonds. The zero-order valence-corrected chi connectivity index (χ0v) is 12.0. The number of rotatable bonds is 2. The zero-order chi connectivity index (χ0) is 18.9. The monoisotopic (exact) mass is 358 g/mol. The fourth-order valence-electron chi connectivity index (χ4n) is 2.20. The molecular weight excluding hydrogens is 353 g/mol. The van der Waals surface area contributed by atoms with Crippen LogP contribution >= 0.6 is 0 Å². The smallest absolute Gasteiger partial charge is 0.203 e. The normalized spacial score (nSPS) is 11.1. The number of nitrogens with zero attached hydrogens (tertiary/aromatic N) is 2. The van der Waals surface area contributed by atoms with Gasteiger partial charge in [-0.15, -0.1) is 0 Å². The molecule has 2 aromatic carbocycles. The number of alkyl halides is 3. The van der Waals surface area contributed by atoms with Crippen LogP contribution < -0.4 is 0 Å². The van der Waals surface area contributed by atoms with Gasteiger partial charge >= 0.3 is 6.18 Å². The second-order valence-corrected chi connectivity index (χ2v) is 4.81. The van der Waals surface area contributed by atoms with Crippen molar-refractivity contribution < 1.29 is 30.7 Å². The maximum absolute atomic E-state index is 14.1. The molecule has 0 fully saturated rings. The molecule has 0 saturated carbocycles. The fourth-order valence-corrected chi connectivity index (χ4v) is 2.20. The average molecular weight is 358 g/mol. The van der Waals surface area contributed by atoms with E-state index >= 15 is 0 Å². The van der Waals surface area contributed by atoms with Gasteiger partial charge < -0.3 is 0 Å². The van der Waals surface area contributed by atoms with E-state index in [-0.39, 0.29) is 6.07 Å². The highest BCUT2D eigenvalue weighted by Crippen LogP contribution is 2.37. The first-order valence-electron chi connectivity index (χ1n) is 6.47. The Morgan fingerprint density at radius 1 is 0.880 bits per heavy atom. The van der Waals surface area contributed by atoms with E-state index in [4.69, 9.17) is 10.5 Å². The molecule has 0 heterocycles. The van der Waals surface area contributed by atoms with Crippen LogP contribution in [0.4, 0.5) is 30.7 Å². The topological polar surface area (TPSA) is 47.6 Å². The molecule has 0 atom stereocenters. The van der Waals surface area contributed by atoms with Crippen molar-refractivity contribution in [3.8, 4) is 23.3 Å². The number of halogens is 7. The third-order valence-corrected chi connectivity index (χ3v) is 3.34. The number of hydrogen-bond acceptors (Lipinski definition) is 2. The van der Waals surface area contributed by atoms with E-state index < -0.39 is 63.7 Å². The summed E-state index contributed by atoms with van der Waals surface area (Å²) >= 11 is 0. The van der Waals surface area contributed by atoms with Crippen LogP contribution in [0.15, 0.2) is 18.2 Å². The van der Waals surface area contributed by atoms with Crippen LogP contribution in [-0.2, 0) is 12.6 Å². The van der Waals surface area contributed by atoms with E-state index in [9.17, 15) is 30.7 Å². The van der Waals surface area contributed by atoms with Crippen molar-refractivity contribution in [1.29, 1.82) is 10.5 Å². The van der Waals surface area contributed by atoms with Gasteiger partial charge in [0.05, 0.1) is 35.2 Å². The largest absolute Gasteiger partial charge is 0.417 e. The van der Waals surface area contributed by atoms with Crippen molar-refractivity contribution in [3.63, 3.8) is 0 Å². The minimum atomic E-state index is -5.02. The molecule has 0 bridgehead atoms. The Hall–Kier alpha value is -3.07. The third kappa shape index (κ3) is 3.13. The van der Waals surface area contributed by atoms with Gasteiger partial charge in [0.2, 0.25) is 0 Å². The van der Waals surface area contributed by atoms with E-state index in [0.29, 0.717) is 6.07 Å². The highest BCUT2D eigenvalue weighted by Gasteiger charge is 2.35. The zero-order valence-electron chi connectivity index (χ0n) is 12.0. The molecular formula is C16H5F7N2. The predicted molar refractivity (Wildman–Crippen MR) is 70.7 cm³/mol. The summed E-state index contributed by atoms with van der Waals surface area (Å²) in [6, 6.07) is 4.19. The van der Waals surface area contributed by atoms with Gasteiger partial charge in [-0.05, 0) is 17.7 Å². The standard InChI is InChI=1S/C16H5F7N2/c17-12-9(3-4-24)13(18)15(20)11(14(12)19)7-1-2-8(6-25)10(5-7)16(21,22)23/h1-2,5H,3H2. The molecule has 0 unspecified atom stereocenters. The summed E-state index contributed by atoms with van der Waals surface area (Å²) in [5.41, 5.74) is -5.65. The highest BCUT2D eigenvalue weighted by atomic mass is 19.4. The molecule has 2 rings (SSSR count). The summed E-state index contributed by atoms with van der Waals surface area (Å²) in [6.45, 7) is 0. The first-order chi connectivity index (χ1) is 11.6. The third-order valence-electron chi connectivity index (χ3n) is 3.34. The molecule has 0 aliphatic heterocycles. The molecule has 0 radical (unpaired) electrons. The lowest BCUT2D eigenvalue weighted by atomic mass is 9.96. The van der Waals surface area contributed by atoms with E-state index in [0.717, 1.165) is 6.07 Å². The molecule has 128 valence electrons. The summed E-state index contributed by atoms with van der Waals surface area (Å²) < 4.78 is 94.7. The van der Waals surface area contributed by atoms with Gasteiger partial charge in [0.1, 0.15) is 0 Å². The molecule has 0 spiro atoms. The van der Waals surface area contributed by atoms with E-state index in [1.807, 2.05) is 0 Å². The summed E-state index contributed by atoms with van der Waals surface area (Å²) in [5.74, 6) is -7.59. The SMILES string of the molecule is N#CCc1c(F)c(F)c(-c2ccc(C#N)c(C(F)(F)F)c2)c(F)c1F. The number of hydrogen-bond donors (Lipinski definition) is 0. The Kier molecular flexibility index (Phi) is 4.71. The Morgan fingerprint density at radius 2 is 1.44 bits per heavy atom. The van der Waals surface area contributed by atoms with Gasteiger partial charge in [0.25, 0.3) is 0 Å². The van der Waals surface area contributed by atoms with E-state index in [1.165, 1.54) is 12.1 Å². The van der Waals surface area contributed by atoms with Crippen molar-refractivity contribution in [2.45, 2.75) is 12.6 Å². The summed E-state index contributed by atoms with van der Waals surface area (Å²) in [5, 5.41) is 17.1. The van der Waals surface area contributed by atoms with Crippen molar-refractivity contribution in [2.24, 2.45) is 0 Å². The Bertz CT molecular complexity index is 904. The van der Waals surface area contributed by atoms with Crippen LogP contribution in [0.1, 0.15) is 16.7 Å². The molecule has 0 N–H and O–H groups in total. The molecule has 2 nitrogen and oxygen atoms in total. The van der Waals surface area contributed by atoms with Gasteiger partial charge in [-0.25, -0.2) is 17.6 Å². The van der Waals surface area contributed by atoms with Crippen LogP contribution in [0.5, 0.6) is 0 Å². The molecule has 0 saturated heterocycles. The first kappa shape index (κ1) is 18.3. The molecule has 9 heteroatoms. The van der Waals surface area contributed by atoms with Crippen LogP contribution in [-0.4, -0.2) is 0 Å². The van der Waals surface area contributed by atoms with E-state index in [1.54, 1.807) is 0 Å². The molecule has 0 aromatic heterocycles. The van der Waals surface area contributed by atoms with Crippen LogP contribution in [0, 0.1) is 45.9 Å². The lowest BCUT2D eigenvalue weighted by Gasteiger charge is -2.14. The van der Waals surface area contributed by atoms with Crippen molar-refractivity contribution in [2.75, 3.05) is 0 Å². The summed E-state index contributed by atoms with van der Waals surface area (Å²) in [4.78, 5) is 0. The van der Waals surface area contributed by atoms with Gasteiger partial charge in [0.15, 0.2) is 23.3 Å². The van der Waals surface area contributed by atoms with Gasteiger partial charge in [-0.1, -0.05) is 6.07 Å². The summed E-state index contributed by atoms with van der Waals surface area (Å²) in [7, 11) is 0. The van der Waals surface area contributed by atoms with Crippen LogP contribution in [0.2, 0.25) is 0 Å². The maximum Gasteiger partial charge on any atom is 0.417 e.